The summed E-state index contributed by atoms with van der Waals surface area (Å²) in [6.07, 6.45) is 0. The highest BCUT2D eigenvalue weighted by atomic mass is 32.1. The molecule has 0 radical (unpaired) electrons. The molecule has 7 nitrogen and oxygen atoms in total. The third kappa shape index (κ3) is 4.76. The minimum absolute atomic E-state index is 0.459. The van der Waals surface area contributed by atoms with Crippen molar-refractivity contribution in [3.05, 3.63) is 88.7 Å². The SMILES string of the molecule is COc1cc(CNn2c(-c3ccccc3OC)n[nH]c2=S)ccc1OCc1ccccc1. The van der Waals surface area contributed by atoms with Crippen molar-refractivity contribution >= 4 is 12.2 Å². The number of para-hydroxylation sites is 1. The van der Waals surface area contributed by atoms with E-state index in [-0.39, 0.29) is 0 Å². The number of nitrogens with zero attached hydrogens (tertiary/aromatic N) is 2. The Morgan fingerprint density at radius 1 is 0.875 bits per heavy atom. The molecule has 1 heterocycles. The number of benzene rings is 3. The summed E-state index contributed by atoms with van der Waals surface area (Å²) < 4.78 is 19.1. The quantitative estimate of drug-likeness (QED) is 0.353. The van der Waals surface area contributed by atoms with Crippen molar-refractivity contribution in [1.82, 2.24) is 14.9 Å². The normalized spacial score (nSPS) is 10.6. The zero-order valence-corrected chi connectivity index (χ0v) is 18.7. The van der Waals surface area contributed by atoms with Gasteiger partial charge in [-0.25, -0.2) is 9.77 Å². The number of aromatic amines is 1. The van der Waals surface area contributed by atoms with Crippen LogP contribution in [0.3, 0.4) is 0 Å². The van der Waals surface area contributed by atoms with E-state index in [2.05, 4.69) is 15.6 Å². The number of nitrogens with one attached hydrogen (secondary N) is 2. The highest BCUT2D eigenvalue weighted by Gasteiger charge is 2.14. The molecule has 32 heavy (non-hydrogen) atoms. The van der Waals surface area contributed by atoms with Crippen molar-refractivity contribution in [2.75, 3.05) is 19.6 Å². The Labute approximate surface area is 191 Å². The molecular formula is C24H24N4O3S. The van der Waals surface area contributed by atoms with Gasteiger partial charge in [-0.3, -0.25) is 0 Å². The molecule has 0 saturated carbocycles. The molecule has 0 atom stereocenters. The van der Waals surface area contributed by atoms with E-state index in [9.17, 15) is 0 Å². The van der Waals surface area contributed by atoms with E-state index in [1.54, 1.807) is 18.9 Å². The van der Waals surface area contributed by atoms with Crippen LogP contribution >= 0.6 is 12.2 Å². The van der Waals surface area contributed by atoms with Crippen LogP contribution in [-0.4, -0.2) is 29.1 Å². The predicted octanol–water partition coefficient (Wildman–Crippen LogP) is 4.95. The first-order valence-corrected chi connectivity index (χ1v) is 10.5. The van der Waals surface area contributed by atoms with Crippen molar-refractivity contribution in [3.63, 3.8) is 0 Å². The first-order valence-electron chi connectivity index (χ1n) is 10.1. The monoisotopic (exact) mass is 448 g/mol. The Kier molecular flexibility index (Phi) is 6.72. The van der Waals surface area contributed by atoms with Gasteiger partial charge in [0.25, 0.3) is 0 Å². The summed E-state index contributed by atoms with van der Waals surface area (Å²) in [7, 11) is 3.26. The number of ether oxygens (including phenoxy) is 3. The lowest BCUT2D eigenvalue weighted by atomic mass is 10.2. The molecule has 0 fully saturated rings. The number of rotatable bonds is 9. The highest BCUT2D eigenvalue weighted by Crippen LogP contribution is 2.30. The van der Waals surface area contributed by atoms with Crippen LogP contribution in [0, 0.1) is 4.77 Å². The van der Waals surface area contributed by atoms with Gasteiger partial charge < -0.3 is 19.6 Å². The van der Waals surface area contributed by atoms with Crippen molar-refractivity contribution < 1.29 is 14.2 Å². The van der Waals surface area contributed by atoms with Gasteiger partial charge in [0.2, 0.25) is 4.77 Å². The van der Waals surface area contributed by atoms with Crippen LogP contribution < -0.4 is 19.6 Å². The fourth-order valence-electron chi connectivity index (χ4n) is 3.30. The molecule has 0 unspecified atom stereocenters. The van der Waals surface area contributed by atoms with Gasteiger partial charge in [-0.15, -0.1) is 0 Å². The summed E-state index contributed by atoms with van der Waals surface area (Å²) in [6.45, 7) is 0.979. The van der Waals surface area contributed by atoms with E-state index < -0.39 is 0 Å². The number of hydrogen-bond acceptors (Lipinski definition) is 6. The molecule has 1 aromatic heterocycles. The number of aromatic nitrogens is 3. The summed E-state index contributed by atoms with van der Waals surface area (Å²) in [5.74, 6) is 2.71. The molecule has 3 aromatic carbocycles. The van der Waals surface area contributed by atoms with Gasteiger partial charge in [0.05, 0.1) is 26.3 Å². The maximum absolute atomic E-state index is 5.94. The van der Waals surface area contributed by atoms with Crippen LogP contribution in [-0.2, 0) is 13.2 Å². The molecule has 8 heteroatoms. The lowest BCUT2D eigenvalue weighted by Crippen LogP contribution is -2.16. The van der Waals surface area contributed by atoms with Gasteiger partial charge in [-0.1, -0.05) is 48.5 Å². The van der Waals surface area contributed by atoms with Crippen LogP contribution in [0.2, 0.25) is 0 Å². The van der Waals surface area contributed by atoms with E-state index in [4.69, 9.17) is 26.4 Å². The Morgan fingerprint density at radius 2 is 1.62 bits per heavy atom. The highest BCUT2D eigenvalue weighted by molar-refractivity contribution is 7.71. The van der Waals surface area contributed by atoms with E-state index >= 15 is 0 Å². The van der Waals surface area contributed by atoms with Crippen molar-refractivity contribution in [3.8, 4) is 28.6 Å². The fourth-order valence-corrected chi connectivity index (χ4v) is 3.50. The van der Waals surface area contributed by atoms with Gasteiger partial charge in [-0.2, -0.15) is 5.10 Å². The van der Waals surface area contributed by atoms with E-state index in [0.717, 1.165) is 16.7 Å². The Morgan fingerprint density at radius 3 is 2.41 bits per heavy atom. The summed E-state index contributed by atoms with van der Waals surface area (Å²) in [5.41, 5.74) is 6.25. The van der Waals surface area contributed by atoms with Gasteiger partial charge in [0.15, 0.2) is 17.3 Å². The van der Waals surface area contributed by atoms with E-state index in [1.165, 1.54) is 0 Å². The summed E-state index contributed by atoms with van der Waals surface area (Å²) in [6, 6.07) is 23.5. The zero-order valence-electron chi connectivity index (χ0n) is 17.9. The molecule has 0 amide bonds. The zero-order chi connectivity index (χ0) is 22.3. The van der Waals surface area contributed by atoms with Gasteiger partial charge >= 0.3 is 0 Å². The summed E-state index contributed by atoms with van der Waals surface area (Å²) in [5, 5.41) is 7.21. The smallest absolute Gasteiger partial charge is 0.214 e. The molecule has 0 aliphatic carbocycles. The second-order valence-electron chi connectivity index (χ2n) is 6.98. The van der Waals surface area contributed by atoms with Crippen LogP contribution in [0.1, 0.15) is 11.1 Å². The average Bonchev–Trinajstić information content (AvgIpc) is 3.22. The Balaban J connectivity index is 1.50. The molecular weight excluding hydrogens is 424 g/mol. The van der Waals surface area contributed by atoms with Crippen LogP contribution in [0.15, 0.2) is 72.8 Å². The molecule has 0 aliphatic rings. The Hall–Kier alpha value is -3.78. The van der Waals surface area contributed by atoms with Crippen LogP contribution in [0.25, 0.3) is 11.4 Å². The molecule has 0 saturated heterocycles. The maximum Gasteiger partial charge on any atom is 0.214 e. The number of hydrogen-bond donors (Lipinski definition) is 2. The molecule has 164 valence electrons. The number of H-pyrrole nitrogens is 1. The van der Waals surface area contributed by atoms with Crippen LogP contribution in [0.5, 0.6) is 17.2 Å². The average molecular weight is 449 g/mol. The third-order valence-corrected chi connectivity index (χ3v) is 5.20. The summed E-state index contributed by atoms with van der Waals surface area (Å²) in [4.78, 5) is 0. The molecule has 2 N–H and O–H groups in total. The van der Waals surface area contributed by atoms with Crippen molar-refractivity contribution in [1.29, 1.82) is 0 Å². The van der Waals surface area contributed by atoms with E-state index in [0.29, 0.717) is 41.0 Å². The van der Waals surface area contributed by atoms with Crippen LogP contribution in [0.4, 0.5) is 0 Å². The second kappa shape index (κ2) is 10.0. The predicted molar refractivity (Wildman–Crippen MR) is 126 cm³/mol. The number of methoxy groups -OCH3 is 2. The van der Waals surface area contributed by atoms with E-state index in [1.807, 2.05) is 72.8 Å². The topological polar surface area (TPSA) is 73.3 Å². The Bertz CT molecular complexity index is 1240. The molecule has 0 bridgehead atoms. The lowest BCUT2D eigenvalue weighted by Gasteiger charge is -2.14. The largest absolute Gasteiger partial charge is 0.496 e. The van der Waals surface area contributed by atoms with Gasteiger partial charge in [-0.05, 0) is 47.6 Å². The standard InChI is InChI=1S/C24H24N4O3S/c1-29-20-11-7-6-10-19(20)23-26-27-24(32)28(23)25-15-18-12-13-21(22(14-18)30-2)31-16-17-8-4-3-5-9-17/h3-14,25H,15-16H2,1-2H3,(H,27,32). The first kappa shape index (κ1) is 21.5. The molecule has 0 aliphatic heterocycles. The second-order valence-corrected chi connectivity index (χ2v) is 7.37. The molecule has 4 aromatic rings. The molecule has 4 rings (SSSR count). The fraction of sp³-hybridized carbons (Fsp3) is 0.167. The van der Waals surface area contributed by atoms with Gasteiger partial charge in [0, 0.05) is 0 Å². The molecule has 0 spiro atoms. The maximum atomic E-state index is 5.94. The van der Waals surface area contributed by atoms with Gasteiger partial charge in [0.1, 0.15) is 12.4 Å². The first-order chi connectivity index (χ1) is 15.7. The third-order valence-electron chi connectivity index (χ3n) is 4.93. The lowest BCUT2D eigenvalue weighted by molar-refractivity contribution is 0.284. The van der Waals surface area contributed by atoms with Crippen molar-refractivity contribution in [2.24, 2.45) is 0 Å². The minimum atomic E-state index is 0.459. The summed E-state index contributed by atoms with van der Waals surface area (Å²) >= 11 is 5.41. The minimum Gasteiger partial charge on any atom is -0.496 e. The van der Waals surface area contributed by atoms with Crippen molar-refractivity contribution in [2.45, 2.75) is 13.2 Å².